The van der Waals surface area contributed by atoms with Crippen LogP contribution in [0.4, 0.5) is 5.82 Å². The van der Waals surface area contributed by atoms with Crippen LogP contribution in [0.25, 0.3) is 0 Å². The van der Waals surface area contributed by atoms with Crippen LogP contribution in [-0.4, -0.2) is 49.8 Å². The third kappa shape index (κ3) is 2.64. The molecule has 0 unspecified atom stereocenters. The molecule has 8 heteroatoms. The fraction of sp³-hybridized carbons (Fsp3) is 0.385. The highest BCUT2D eigenvalue weighted by molar-refractivity contribution is 6.07. The first-order valence-electron chi connectivity index (χ1n) is 6.78. The molecule has 3 heterocycles. The standard InChI is InChI=1S/C13H16N6O2/c1-18-7-4-9(8-18)12(20)14-11-10(15-17-16-11)13(21)19-5-2-3-6-19/h4,7-8H,2-3,5-6H2,1H3,(H2,14,15,16,17,20). The Morgan fingerprint density at radius 2 is 2.05 bits per heavy atom. The molecule has 110 valence electrons. The molecule has 21 heavy (non-hydrogen) atoms. The van der Waals surface area contributed by atoms with Gasteiger partial charge in [0, 0.05) is 32.5 Å². The number of anilines is 1. The van der Waals surface area contributed by atoms with Crippen molar-refractivity contribution in [2.75, 3.05) is 18.4 Å². The molecule has 1 fully saturated rings. The van der Waals surface area contributed by atoms with Crippen molar-refractivity contribution in [3.8, 4) is 0 Å². The maximum Gasteiger partial charge on any atom is 0.278 e. The van der Waals surface area contributed by atoms with E-state index >= 15 is 0 Å². The van der Waals surface area contributed by atoms with Crippen molar-refractivity contribution < 1.29 is 9.59 Å². The third-order valence-corrected chi connectivity index (χ3v) is 3.47. The van der Waals surface area contributed by atoms with Crippen molar-refractivity contribution in [1.82, 2.24) is 24.9 Å². The summed E-state index contributed by atoms with van der Waals surface area (Å²) in [7, 11) is 1.83. The lowest BCUT2D eigenvalue weighted by molar-refractivity contribution is 0.0788. The summed E-state index contributed by atoms with van der Waals surface area (Å²) >= 11 is 0. The molecule has 1 saturated heterocycles. The van der Waals surface area contributed by atoms with Gasteiger partial charge in [-0.3, -0.25) is 9.59 Å². The van der Waals surface area contributed by atoms with E-state index in [0.29, 0.717) is 5.56 Å². The van der Waals surface area contributed by atoms with Crippen LogP contribution in [0.5, 0.6) is 0 Å². The number of aromatic nitrogens is 4. The average molecular weight is 288 g/mol. The number of hydrogen-bond acceptors (Lipinski definition) is 4. The quantitative estimate of drug-likeness (QED) is 0.866. The van der Waals surface area contributed by atoms with Gasteiger partial charge in [0.05, 0.1) is 5.56 Å². The van der Waals surface area contributed by atoms with E-state index in [1.165, 1.54) is 0 Å². The molecule has 0 spiro atoms. The molecular weight excluding hydrogens is 272 g/mol. The van der Waals surface area contributed by atoms with Gasteiger partial charge in [-0.2, -0.15) is 5.21 Å². The van der Waals surface area contributed by atoms with Crippen LogP contribution in [0.15, 0.2) is 18.5 Å². The summed E-state index contributed by atoms with van der Waals surface area (Å²) in [4.78, 5) is 26.1. The predicted molar refractivity (Wildman–Crippen MR) is 74.9 cm³/mol. The minimum atomic E-state index is -0.319. The van der Waals surface area contributed by atoms with Crippen molar-refractivity contribution in [2.45, 2.75) is 12.8 Å². The molecule has 1 aliphatic rings. The summed E-state index contributed by atoms with van der Waals surface area (Å²) in [5, 5.41) is 12.7. The third-order valence-electron chi connectivity index (χ3n) is 3.47. The van der Waals surface area contributed by atoms with E-state index in [0.717, 1.165) is 25.9 Å². The molecule has 2 amide bonds. The van der Waals surface area contributed by atoms with Gasteiger partial charge in [0.1, 0.15) is 0 Å². The van der Waals surface area contributed by atoms with E-state index in [4.69, 9.17) is 0 Å². The number of likely N-dealkylation sites (tertiary alicyclic amines) is 1. The summed E-state index contributed by atoms with van der Waals surface area (Å²) in [6.07, 6.45) is 5.45. The van der Waals surface area contributed by atoms with Gasteiger partial charge in [0.25, 0.3) is 11.8 Å². The number of H-pyrrole nitrogens is 1. The van der Waals surface area contributed by atoms with Gasteiger partial charge in [-0.15, -0.1) is 10.2 Å². The monoisotopic (exact) mass is 288 g/mol. The topological polar surface area (TPSA) is 95.9 Å². The van der Waals surface area contributed by atoms with Crippen LogP contribution in [0, 0.1) is 0 Å². The van der Waals surface area contributed by atoms with Gasteiger partial charge in [-0.25, -0.2) is 0 Å². The largest absolute Gasteiger partial charge is 0.356 e. The number of nitrogens with one attached hydrogen (secondary N) is 2. The number of carbonyl (C=O) groups is 2. The number of carbonyl (C=O) groups excluding carboxylic acids is 2. The number of amides is 2. The van der Waals surface area contributed by atoms with Crippen molar-refractivity contribution >= 4 is 17.6 Å². The molecular formula is C13H16N6O2. The molecule has 0 aromatic carbocycles. The van der Waals surface area contributed by atoms with E-state index in [1.54, 1.807) is 27.9 Å². The van der Waals surface area contributed by atoms with Crippen molar-refractivity contribution in [3.63, 3.8) is 0 Å². The van der Waals surface area contributed by atoms with Crippen LogP contribution in [0.1, 0.15) is 33.7 Å². The first-order chi connectivity index (χ1) is 10.1. The Morgan fingerprint density at radius 1 is 1.29 bits per heavy atom. The maximum atomic E-state index is 12.3. The summed E-state index contributed by atoms with van der Waals surface area (Å²) in [5.74, 6) is -0.356. The number of rotatable bonds is 3. The van der Waals surface area contributed by atoms with Gasteiger partial charge in [-0.1, -0.05) is 0 Å². The Bertz CT molecular complexity index is 668. The van der Waals surface area contributed by atoms with Crippen molar-refractivity contribution in [1.29, 1.82) is 0 Å². The lowest BCUT2D eigenvalue weighted by atomic mass is 10.3. The molecule has 0 atom stereocenters. The van der Waals surface area contributed by atoms with Gasteiger partial charge in [0.2, 0.25) is 0 Å². The summed E-state index contributed by atoms with van der Waals surface area (Å²) in [5.41, 5.74) is 0.654. The summed E-state index contributed by atoms with van der Waals surface area (Å²) in [6, 6.07) is 1.69. The Balaban J connectivity index is 1.76. The molecule has 0 aliphatic carbocycles. The molecule has 8 nitrogen and oxygen atoms in total. The minimum Gasteiger partial charge on any atom is -0.356 e. The molecule has 1 aliphatic heterocycles. The zero-order valence-electron chi connectivity index (χ0n) is 11.7. The van der Waals surface area contributed by atoms with Crippen LogP contribution in [0.3, 0.4) is 0 Å². The molecule has 0 saturated carbocycles. The van der Waals surface area contributed by atoms with E-state index in [2.05, 4.69) is 20.7 Å². The van der Waals surface area contributed by atoms with Crippen molar-refractivity contribution in [2.24, 2.45) is 7.05 Å². The highest BCUT2D eigenvalue weighted by atomic mass is 16.2. The first-order valence-corrected chi connectivity index (χ1v) is 6.78. The fourth-order valence-corrected chi connectivity index (χ4v) is 2.35. The predicted octanol–water partition coefficient (Wildman–Crippen LogP) is 0.631. The van der Waals surface area contributed by atoms with Crippen LogP contribution in [0.2, 0.25) is 0 Å². The molecule has 0 bridgehead atoms. The fourth-order valence-electron chi connectivity index (χ4n) is 2.35. The second kappa shape index (κ2) is 5.39. The van der Waals surface area contributed by atoms with E-state index in [1.807, 2.05) is 7.05 Å². The Morgan fingerprint density at radius 3 is 2.71 bits per heavy atom. The lowest BCUT2D eigenvalue weighted by Gasteiger charge is -2.13. The van der Waals surface area contributed by atoms with Crippen LogP contribution >= 0.6 is 0 Å². The Hall–Kier alpha value is -2.64. The Labute approximate surface area is 121 Å². The SMILES string of the molecule is Cn1ccc(C(=O)Nc2n[nH]nc2C(=O)N2CCCC2)c1. The zero-order valence-corrected chi connectivity index (χ0v) is 11.7. The number of aryl methyl sites for hydroxylation is 1. The maximum absolute atomic E-state index is 12.3. The normalized spacial score (nSPS) is 14.4. The van der Waals surface area contributed by atoms with Gasteiger partial charge in [0.15, 0.2) is 11.5 Å². The van der Waals surface area contributed by atoms with Gasteiger partial charge in [-0.05, 0) is 18.9 Å². The molecule has 3 rings (SSSR count). The van der Waals surface area contributed by atoms with Crippen LogP contribution in [-0.2, 0) is 7.05 Å². The molecule has 2 aromatic rings. The second-order valence-electron chi connectivity index (χ2n) is 5.04. The molecule has 2 aromatic heterocycles. The highest BCUT2D eigenvalue weighted by Crippen LogP contribution is 2.16. The van der Waals surface area contributed by atoms with Gasteiger partial charge < -0.3 is 14.8 Å². The van der Waals surface area contributed by atoms with E-state index < -0.39 is 0 Å². The first kappa shape index (κ1) is 13.3. The smallest absolute Gasteiger partial charge is 0.278 e. The molecule has 0 radical (unpaired) electrons. The Kier molecular flexibility index (Phi) is 3.43. The van der Waals surface area contributed by atoms with E-state index in [9.17, 15) is 9.59 Å². The summed E-state index contributed by atoms with van der Waals surface area (Å²) in [6.45, 7) is 1.44. The number of aromatic amines is 1. The minimum absolute atomic E-state index is 0.154. The van der Waals surface area contributed by atoms with E-state index in [-0.39, 0.29) is 23.3 Å². The number of hydrogen-bond donors (Lipinski definition) is 2. The lowest BCUT2D eigenvalue weighted by Crippen LogP contribution is -2.29. The van der Waals surface area contributed by atoms with Gasteiger partial charge >= 0.3 is 0 Å². The second-order valence-corrected chi connectivity index (χ2v) is 5.04. The van der Waals surface area contributed by atoms with Crippen LogP contribution < -0.4 is 5.32 Å². The van der Waals surface area contributed by atoms with Crippen molar-refractivity contribution in [3.05, 3.63) is 29.7 Å². The highest BCUT2D eigenvalue weighted by Gasteiger charge is 2.26. The molecule has 2 N–H and O–H groups in total. The zero-order chi connectivity index (χ0) is 14.8. The summed E-state index contributed by atoms with van der Waals surface area (Å²) < 4.78 is 1.77. The average Bonchev–Trinajstić information content (AvgIpc) is 3.18. The number of nitrogens with zero attached hydrogens (tertiary/aromatic N) is 4.